The maximum Gasteiger partial charge on any atom is 0.270 e. The minimum Gasteiger partial charge on any atom is -0.461 e. The van der Waals surface area contributed by atoms with Gasteiger partial charge in [-0.15, -0.1) is 0 Å². The molecule has 0 aromatic carbocycles. The van der Waals surface area contributed by atoms with Crippen molar-refractivity contribution in [3.8, 4) is 0 Å². The van der Waals surface area contributed by atoms with Crippen molar-refractivity contribution in [2.75, 3.05) is 13.1 Å². The molecule has 7 nitrogen and oxygen atoms in total. The number of carbonyl (C=O) groups is 1. The summed E-state index contributed by atoms with van der Waals surface area (Å²) in [6.07, 6.45) is 2.42. The molecule has 1 aliphatic heterocycles. The normalized spacial score (nSPS) is 18.4. The fraction of sp³-hybridized carbons (Fsp3) is 0.286. The third-order valence-corrected chi connectivity index (χ3v) is 4.66. The van der Waals surface area contributed by atoms with Crippen LogP contribution in [0.1, 0.15) is 28.5 Å². The van der Waals surface area contributed by atoms with Crippen LogP contribution in [0.2, 0.25) is 0 Å². The predicted molar refractivity (Wildman–Crippen MR) is 82.9 cm³/mol. The van der Waals surface area contributed by atoms with Crippen LogP contribution < -0.4 is 5.56 Å². The van der Waals surface area contributed by atoms with Crippen molar-refractivity contribution in [3.63, 3.8) is 0 Å². The summed E-state index contributed by atoms with van der Waals surface area (Å²) in [4.78, 5) is 28.6. The number of fused-ring (bicyclic) bond motifs is 1. The van der Waals surface area contributed by atoms with Crippen LogP contribution in [0.5, 0.6) is 0 Å². The fourth-order valence-corrected chi connectivity index (χ4v) is 3.32. The van der Waals surface area contributed by atoms with Crippen molar-refractivity contribution in [2.24, 2.45) is 0 Å². The van der Waals surface area contributed by atoms with Crippen LogP contribution in [0.15, 0.2) is 32.1 Å². The van der Waals surface area contributed by atoms with E-state index in [1.165, 1.54) is 0 Å². The van der Waals surface area contributed by atoms with Gasteiger partial charge in [-0.05, 0) is 22.4 Å². The van der Waals surface area contributed by atoms with E-state index in [2.05, 4.69) is 31.1 Å². The number of aromatic nitrogens is 3. The summed E-state index contributed by atoms with van der Waals surface area (Å²) in [5.74, 6) is 0.103. The number of aromatic amines is 3. The van der Waals surface area contributed by atoms with Gasteiger partial charge in [0.1, 0.15) is 12.0 Å². The van der Waals surface area contributed by atoms with Crippen LogP contribution in [0.4, 0.5) is 0 Å². The van der Waals surface area contributed by atoms with Crippen LogP contribution in [-0.2, 0) is 0 Å². The molecule has 8 heteroatoms. The van der Waals surface area contributed by atoms with Gasteiger partial charge < -0.3 is 19.4 Å². The predicted octanol–water partition coefficient (Wildman–Crippen LogP) is 2.17. The molecule has 0 spiro atoms. The quantitative estimate of drug-likeness (QED) is 0.649. The number of nitrogens with one attached hydrogen (secondary N) is 3. The highest BCUT2D eigenvalue weighted by Gasteiger charge is 2.30. The van der Waals surface area contributed by atoms with E-state index in [4.69, 9.17) is 4.42 Å². The van der Waals surface area contributed by atoms with E-state index in [1.807, 2.05) is 0 Å². The molecule has 3 aromatic heterocycles. The molecule has 114 valence electrons. The average molecular weight is 365 g/mol. The summed E-state index contributed by atoms with van der Waals surface area (Å²) in [6, 6.07) is 3.27. The van der Waals surface area contributed by atoms with Crippen LogP contribution in [0.3, 0.4) is 0 Å². The Hall–Kier alpha value is -2.22. The zero-order valence-electron chi connectivity index (χ0n) is 11.5. The van der Waals surface area contributed by atoms with Crippen LogP contribution in [-0.4, -0.2) is 39.1 Å². The summed E-state index contributed by atoms with van der Waals surface area (Å²) in [6.45, 7) is 1.26. The number of carbonyl (C=O) groups excluding carboxylic acids is 1. The molecule has 1 saturated heterocycles. The Labute approximate surface area is 132 Å². The van der Waals surface area contributed by atoms with Gasteiger partial charge >= 0.3 is 0 Å². The number of hydrogen-bond donors (Lipinski definition) is 3. The number of furan rings is 1. The van der Waals surface area contributed by atoms with Crippen molar-refractivity contribution in [2.45, 2.75) is 12.3 Å². The molecule has 22 heavy (non-hydrogen) atoms. The van der Waals surface area contributed by atoms with E-state index in [0.717, 1.165) is 22.1 Å². The topological polar surface area (TPSA) is 97.9 Å². The number of rotatable bonds is 2. The zero-order chi connectivity index (χ0) is 15.3. The highest BCUT2D eigenvalue weighted by atomic mass is 79.9. The molecule has 4 rings (SSSR count). The Morgan fingerprint density at radius 1 is 1.36 bits per heavy atom. The van der Waals surface area contributed by atoms with Crippen molar-refractivity contribution >= 4 is 32.9 Å². The molecule has 1 aliphatic rings. The highest BCUT2D eigenvalue weighted by molar-refractivity contribution is 9.10. The Kier molecular flexibility index (Phi) is 3.00. The smallest absolute Gasteiger partial charge is 0.270 e. The molecular weight excluding hydrogens is 352 g/mol. The fourth-order valence-electron chi connectivity index (χ4n) is 2.93. The molecule has 0 saturated carbocycles. The largest absolute Gasteiger partial charge is 0.461 e. The zero-order valence-corrected chi connectivity index (χ0v) is 13.1. The van der Waals surface area contributed by atoms with E-state index >= 15 is 0 Å². The first-order valence-electron chi connectivity index (χ1n) is 6.94. The number of hydrogen-bond acceptors (Lipinski definition) is 3. The summed E-state index contributed by atoms with van der Waals surface area (Å²) in [5.41, 5.74) is 2.66. The number of H-pyrrole nitrogens is 3. The summed E-state index contributed by atoms with van der Waals surface area (Å²) in [5, 5.41) is 5.40. The second-order valence-corrected chi connectivity index (χ2v) is 6.31. The Morgan fingerprint density at radius 2 is 2.23 bits per heavy atom. The van der Waals surface area contributed by atoms with Gasteiger partial charge in [-0.3, -0.25) is 14.7 Å². The van der Waals surface area contributed by atoms with Gasteiger partial charge in [0, 0.05) is 36.8 Å². The molecule has 0 radical (unpaired) electrons. The van der Waals surface area contributed by atoms with E-state index < -0.39 is 0 Å². The lowest BCUT2D eigenvalue weighted by molar-refractivity contribution is 0.0785. The maximum absolute atomic E-state index is 12.6. The molecule has 3 N–H and O–H groups in total. The van der Waals surface area contributed by atoms with Crippen LogP contribution in [0.25, 0.3) is 11.1 Å². The number of halogens is 1. The van der Waals surface area contributed by atoms with E-state index in [-0.39, 0.29) is 17.4 Å². The van der Waals surface area contributed by atoms with Gasteiger partial charge in [0.25, 0.3) is 11.5 Å². The molecule has 3 aromatic rings. The number of amides is 1. The molecule has 0 aliphatic carbocycles. The van der Waals surface area contributed by atoms with E-state index in [9.17, 15) is 9.59 Å². The lowest BCUT2D eigenvalue weighted by Gasteiger charge is -2.15. The standard InChI is InChI=1S/C14H13BrN4O3/c15-8-6-22-11-3-10(16-13(8)11)14(21)19-2-1-7(5-19)9-4-12(20)18-17-9/h3-4,6-7,16H,1-2,5H2,(H2,17,18,20). The monoisotopic (exact) mass is 364 g/mol. The van der Waals surface area contributed by atoms with Crippen molar-refractivity contribution < 1.29 is 9.21 Å². The Bertz CT molecular complexity index is 903. The lowest BCUT2D eigenvalue weighted by atomic mass is 10.1. The maximum atomic E-state index is 12.6. The molecule has 1 unspecified atom stereocenters. The van der Waals surface area contributed by atoms with E-state index in [0.29, 0.717) is 24.4 Å². The number of nitrogens with zero attached hydrogens (tertiary/aromatic N) is 1. The molecule has 4 heterocycles. The first kappa shape index (κ1) is 13.4. The minimum absolute atomic E-state index is 0.0568. The van der Waals surface area contributed by atoms with Gasteiger partial charge in [-0.25, -0.2) is 0 Å². The van der Waals surface area contributed by atoms with Crippen LogP contribution >= 0.6 is 15.9 Å². The first-order valence-corrected chi connectivity index (χ1v) is 7.73. The third-order valence-electron chi connectivity index (χ3n) is 4.07. The van der Waals surface area contributed by atoms with Crippen LogP contribution in [0, 0.1) is 0 Å². The number of likely N-dealkylation sites (tertiary alicyclic amines) is 1. The summed E-state index contributed by atoms with van der Waals surface area (Å²) < 4.78 is 6.14. The molecular formula is C14H13BrN4O3. The van der Waals surface area contributed by atoms with Gasteiger partial charge in [0.15, 0.2) is 5.58 Å². The van der Waals surface area contributed by atoms with Gasteiger partial charge in [-0.2, -0.15) is 0 Å². The van der Waals surface area contributed by atoms with Gasteiger partial charge in [0.05, 0.1) is 9.99 Å². The summed E-state index contributed by atoms with van der Waals surface area (Å²) in [7, 11) is 0. The van der Waals surface area contributed by atoms with Crippen molar-refractivity contribution in [1.82, 2.24) is 20.1 Å². The van der Waals surface area contributed by atoms with Crippen molar-refractivity contribution in [1.29, 1.82) is 0 Å². The summed E-state index contributed by atoms with van der Waals surface area (Å²) >= 11 is 3.37. The second kappa shape index (κ2) is 4.91. The SMILES string of the molecule is O=C(c1cc2occ(Br)c2[nH]1)N1CCC(c2cc(=O)[nH][nH]2)C1. The Balaban J connectivity index is 1.54. The Morgan fingerprint density at radius 3 is 2.95 bits per heavy atom. The van der Waals surface area contributed by atoms with Gasteiger partial charge in [0.2, 0.25) is 0 Å². The molecule has 0 bridgehead atoms. The molecule has 1 atom stereocenters. The second-order valence-electron chi connectivity index (χ2n) is 5.46. The average Bonchev–Trinajstić information content (AvgIpc) is 3.23. The van der Waals surface area contributed by atoms with Gasteiger partial charge in [-0.1, -0.05) is 0 Å². The van der Waals surface area contributed by atoms with Crippen molar-refractivity contribution in [3.05, 3.63) is 44.6 Å². The third kappa shape index (κ3) is 2.10. The minimum atomic E-state index is -0.144. The molecule has 1 fully saturated rings. The van der Waals surface area contributed by atoms with E-state index in [1.54, 1.807) is 23.3 Å². The molecule has 1 amide bonds. The lowest BCUT2D eigenvalue weighted by Crippen LogP contribution is -2.28. The highest BCUT2D eigenvalue weighted by Crippen LogP contribution is 2.29. The first-order chi connectivity index (χ1) is 10.6.